The number of fused-ring (bicyclic) bond motifs is 1. The maximum atomic E-state index is 13.0. The molecule has 0 aliphatic heterocycles. The van der Waals surface area contributed by atoms with Crippen LogP contribution < -0.4 is 10.6 Å². The Morgan fingerprint density at radius 1 is 0.972 bits per heavy atom. The highest BCUT2D eigenvalue weighted by molar-refractivity contribution is 6.04. The summed E-state index contributed by atoms with van der Waals surface area (Å²) in [7, 11) is 0. The number of H-pyrrole nitrogens is 1. The van der Waals surface area contributed by atoms with Crippen molar-refractivity contribution in [1.29, 1.82) is 0 Å². The molecule has 0 saturated carbocycles. The van der Waals surface area contributed by atoms with Gasteiger partial charge in [-0.1, -0.05) is 6.07 Å². The molecule has 0 fully saturated rings. The van der Waals surface area contributed by atoms with Gasteiger partial charge in [0.05, 0.1) is 11.9 Å². The predicted octanol–water partition coefficient (Wildman–Crippen LogP) is 5.13. The number of imidazole rings is 1. The number of rotatable bonds is 5. The average Bonchev–Trinajstić information content (AvgIpc) is 3.35. The molecule has 4 aromatic heterocycles. The van der Waals surface area contributed by atoms with Crippen LogP contribution in [0.15, 0.2) is 67.5 Å². The van der Waals surface area contributed by atoms with Crippen LogP contribution in [0.4, 0.5) is 30.5 Å². The SMILES string of the molecule is Cc1ccc(C(=O)Nc2cc(C(F)(F)F)ccn2)cc1Nc1ncccc1-c1ncnc2nc[nH]c12. The third-order valence-corrected chi connectivity index (χ3v) is 5.37. The second-order valence-corrected chi connectivity index (χ2v) is 7.76. The van der Waals surface area contributed by atoms with E-state index in [0.717, 1.165) is 23.9 Å². The number of carbonyl (C=O) groups excluding carboxylic acids is 1. The average molecular weight is 490 g/mol. The highest BCUT2D eigenvalue weighted by atomic mass is 19.4. The number of nitrogens with zero attached hydrogens (tertiary/aromatic N) is 5. The van der Waals surface area contributed by atoms with Gasteiger partial charge in [0.15, 0.2) is 5.65 Å². The summed E-state index contributed by atoms with van der Waals surface area (Å²) in [6.45, 7) is 1.85. The molecule has 0 saturated heterocycles. The van der Waals surface area contributed by atoms with Gasteiger partial charge in [-0.3, -0.25) is 4.79 Å². The first-order valence-corrected chi connectivity index (χ1v) is 10.6. The number of pyridine rings is 2. The molecule has 12 heteroatoms. The van der Waals surface area contributed by atoms with Crippen LogP contribution in [0, 0.1) is 6.92 Å². The predicted molar refractivity (Wildman–Crippen MR) is 127 cm³/mol. The van der Waals surface area contributed by atoms with Crippen molar-refractivity contribution in [2.24, 2.45) is 0 Å². The van der Waals surface area contributed by atoms with E-state index in [1.165, 1.54) is 12.7 Å². The van der Waals surface area contributed by atoms with Crippen LogP contribution in [0.5, 0.6) is 0 Å². The fourth-order valence-corrected chi connectivity index (χ4v) is 3.55. The Bertz CT molecular complexity index is 1580. The Morgan fingerprint density at radius 2 is 1.83 bits per heavy atom. The maximum absolute atomic E-state index is 13.0. The van der Waals surface area contributed by atoms with Crippen LogP contribution in [0.3, 0.4) is 0 Å². The number of aromatic nitrogens is 6. The van der Waals surface area contributed by atoms with E-state index in [1.54, 1.807) is 30.5 Å². The third kappa shape index (κ3) is 4.56. The largest absolute Gasteiger partial charge is 0.416 e. The fourth-order valence-electron chi connectivity index (χ4n) is 3.55. The smallest absolute Gasteiger partial charge is 0.341 e. The maximum Gasteiger partial charge on any atom is 0.416 e. The molecule has 9 nitrogen and oxygen atoms in total. The summed E-state index contributed by atoms with van der Waals surface area (Å²) in [5.74, 6) is -0.336. The topological polar surface area (TPSA) is 121 Å². The zero-order chi connectivity index (χ0) is 25.3. The number of benzene rings is 1. The van der Waals surface area contributed by atoms with Crippen molar-refractivity contribution in [1.82, 2.24) is 29.9 Å². The second kappa shape index (κ2) is 9.06. The van der Waals surface area contributed by atoms with Crippen LogP contribution in [-0.2, 0) is 6.18 Å². The van der Waals surface area contributed by atoms with E-state index in [2.05, 4.69) is 40.5 Å². The van der Waals surface area contributed by atoms with E-state index in [0.29, 0.717) is 33.9 Å². The van der Waals surface area contributed by atoms with Gasteiger partial charge in [0.25, 0.3) is 5.91 Å². The van der Waals surface area contributed by atoms with E-state index in [1.807, 2.05) is 13.0 Å². The first kappa shape index (κ1) is 22.9. The minimum atomic E-state index is -4.55. The number of hydrogen-bond acceptors (Lipinski definition) is 7. The van der Waals surface area contributed by atoms with Crippen LogP contribution >= 0.6 is 0 Å². The lowest BCUT2D eigenvalue weighted by Crippen LogP contribution is -2.14. The van der Waals surface area contributed by atoms with Crippen LogP contribution in [0.2, 0.25) is 0 Å². The van der Waals surface area contributed by atoms with Gasteiger partial charge < -0.3 is 15.6 Å². The minimum Gasteiger partial charge on any atom is -0.341 e. The first-order valence-electron chi connectivity index (χ1n) is 10.6. The molecule has 4 heterocycles. The van der Waals surface area contributed by atoms with E-state index in [-0.39, 0.29) is 11.4 Å². The molecular formula is C24H17F3N8O. The van der Waals surface area contributed by atoms with Crippen molar-refractivity contribution in [3.63, 3.8) is 0 Å². The second-order valence-electron chi connectivity index (χ2n) is 7.76. The summed E-state index contributed by atoms with van der Waals surface area (Å²) in [6.07, 6.45) is 0.996. The summed E-state index contributed by atoms with van der Waals surface area (Å²) in [4.78, 5) is 36.7. The quantitative estimate of drug-likeness (QED) is 0.312. The van der Waals surface area contributed by atoms with Gasteiger partial charge in [0.2, 0.25) is 0 Å². The van der Waals surface area contributed by atoms with Crippen LogP contribution in [0.1, 0.15) is 21.5 Å². The molecule has 3 N–H and O–H groups in total. The molecule has 1 aromatic carbocycles. The van der Waals surface area contributed by atoms with Crippen molar-refractivity contribution >= 4 is 34.4 Å². The van der Waals surface area contributed by atoms with E-state index in [9.17, 15) is 18.0 Å². The summed E-state index contributed by atoms with van der Waals surface area (Å²) in [5.41, 5.74) is 3.13. The van der Waals surface area contributed by atoms with Gasteiger partial charge in [0, 0.05) is 29.2 Å². The van der Waals surface area contributed by atoms with Crippen LogP contribution in [0.25, 0.3) is 22.4 Å². The number of halogens is 3. The fraction of sp³-hybridized carbons (Fsp3) is 0.0833. The molecule has 0 spiro atoms. The highest BCUT2D eigenvalue weighted by Gasteiger charge is 2.31. The van der Waals surface area contributed by atoms with Crippen molar-refractivity contribution in [2.45, 2.75) is 13.1 Å². The lowest BCUT2D eigenvalue weighted by molar-refractivity contribution is -0.137. The molecule has 5 rings (SSSR count). The van der Waals surface area contributed by atoms with Gasteiger partial charge in [-0.2, -0.15) is 13.2 Å². The zero-order valence-electron chi connectivity index (χ0n) is 18.6. The summed E-state index contributed by atoms with van der Waals surface area (Å²) < 4.78 is 39.0. The van der Waals surface area contributed by atoms with Crippen molar-refractivity contribution < 1.29 is 18.0 Å². The Balaban J connectivity index is 1.44. The Kier molecular flexibility index (Phi) is 5.76. The standard InChI is InChI=1S/C24H17F3N8O/c1-13-4-5-14(23(36)35-18-10-15(6-8-28-18)24(25,26)27)9-17(13)34-21-16(3-2-7-29-21)19-20-22(32-11-30-19)33-12-31-20/h2-12H,1H3,(H,29,34)(H,28,35,36)(H,30,31,32,33). The Hall–Kier alpha value is -4.87. The van der Waals surface area contributed by atoms with Crippen molar-refractivity contribution in [2.75, 3.05) is 10.6 Å². The Morgan fingerprint density at radius 3 is 2.67 bits per heavy atom. The summed E-state index contributed by atoms with van der Waals surface area (Å²) >= 11 is 0. The van der Waals surface area contributed by atoms with Gasteiger partial charge >= 0.3 is 6.18 Å². The molecule has 180 valence electrons. The molecule has 36 heavy (non-hydrogen) atoms. The Labute approximate surface area is 201 Å². The number of aryl methyl sites for hydroxylation is 1. The number of alkyl halides is 3. The van der Waals surface area contributed by atoms with Gasteiger partial charge in [0.1, 0.15) is 29.2 Å². The number of hydrogen-bond donors (Lipinski definition) is 3. The summed E-state index contributed by atoms with van der Waals surface area (Å²) in [6, 6.07) is 10.1. The summed E-state index contributed by atoms with van der Waals surface area (Å²) in [5, 5.41) is 5.65. The zero-order valence-corrected chi connectivity index (χ0v) is 18.6. The van der Waals surface area contributed by atoms with Gasteiger partial charge in [-0.25, -0.2) is 24.9 Å². The van der Waals surface area contributed by atoms with E-state index in [4.69, 9.17) is 0 Å². The molecule has 5 aromatic rings. The van der Waals surface area contributed by atoms with Crippen molar-refractivity contribution in [3.8, 4) is 11.3 Å². The van der Waals surface area contributed by atoms with Crippen LogP contribution in [-0.4, -0.2) is 35.8 Å². The lowest BCUT2D eigenvalue weighted by Gasteiger charge is -2.14. The minimum absolute atomic E-state index is 0.204. The molecule has 0 unspecified atom stereocenters. The molecule has 0 aliphatic carbocycles. The number of amides is 1. The van der Waals surface area contributed by atoms with Gasteiger partial charge in [-0.05, 0) is 48.9 Å². The molecular weight excluding hydrogens is 473 g/mol. The van der Waals surface area contributed by atoms with E-state index >= 15 is 0 Å². The number of aromatic amines is 1. The number of anilines is 3. The first-order chi connectivity index (χ1) is 17.3. The van der Waals surface area contributed by atoms with Gasteiger partial charge in [-0.15, -0.1) is 0 Å². The highest BCUT2D eigenvalue weighted by Crippen LogP contribution is 2.32. The molecule has 1 amide bonds. The molecule has 0 atom stereocenters. The third-order valence-electron chi connectivity index (χ3n) is 5.37. The molecule has 0 aliphatic rings. The lowest BCUT2D eigenvalue weighted by atomic mass is 10.1. The monoisotopic (exact) mass is 490 g/mol. The normalized spacial score (nSPS) is 11.4. The van der Waals surface area contributed by atoms with Crippen molar-refractivity contribution in [3.05, 3.63) is 84.2 Å². The molecule has 0 radical (unpaired) electrons. The number of carbonyl (C=O) groups is 1. The number of nitrogens with one attached hydrogen (secondary N) is 3. The van der Waals surface area contributed by atoms with E-state index < -0.39 is 17.6 Å². The molecule has 0 bridgehead atoms.